The topological polar surface area (TPSA) is 57.1 Å². The van der Waals surface area contributed by atoms with Crippen molar-refractivity contribution >= 4 is 103 Å². The zero-order valence-electron chi connectivity index (χ0n) is 13.8. The number of ether oxygens (including phenoxy) is 1. The minimum atomic E-state index is -1.97. The molecule has 1 heterocycles. The summed E-state index contributed by atoms with van der Waals surface area (Å²) in [7, 11) is 0. The fourth-order valence-electron chi connectivity index (χ4n) is 2.85. The number of nitrogens with one attached hydrogen (secondary N) is 3. The second kappa shape index (κ2) is 8.10. The number of para-hydroxylation sites is 1. The Morgan fingerprint density at radius 2 is 1.68 bits per heavy atom. The predicted molar refractivity (Wildman–Crippen MR) is 123 cm³/mol. The number of hydrogen-bond donors (Lipinski definition) is 3. The maximum atomic E-state index is 7.74. The summed E-state index contributed by atoms with van der Waals surface area (Å²) in [5.41, 5.74) is 1.45. The molecule has 0 fully saturated rings. The van der Waals surface area contributed by atoms with Gasteiger partial charge < -0.3 is 15.4 Å². The molecule has 150 valence electrons. The van der Waals surface area contributed by atoms with Gasteiger partial charge in [-0.15, -0.1) is 0 Å². The molecular weight excluding hydrogens is 555 g/mol. The van der Waals surface area contributed by atoms with Crippen LogP contribution >= 0.6 is 85.5 Å². The van der Waals surface area contributed by atoms with E-state index in [9.17, 15) is 0 Å². The maximum absolute atomic E-state index is 7.74. The Balaban J connectivity index is 2.03. The Bertz CT molecular complexity index is 914. The highest BCUT2D eigenvalue weighted by Crippen LogP contribution is 2.54. The van der Waals surface area contributed by atoms with Crippen molar-refractivity contribution in [3.05, 3.63) is 58.1 Å². The van der Waals surface area contributed by atoms with Gasteiger partial charge in [0.2, 0.25) is 9.69 Å². The molecule has 0 saturated heterocycles. The number of alkyl halides is 6. The lowest BCUT2D eigenvalue weighted by atomic mass is 9.96. The van der Waals surface area contributed by atoms with Crippen LogP contribution in [0.25, 0.3) is 0 Å². The van der Waals surface area contributed by atoms with Crippen molar-refractivity contribution < 1.29 is 4.74 Å². The smallest absolute Gasteiger partial charge is 0.265 e. The summed E-state index contributed by atoms with van der Waals surface area (Å²) in [6.07, 6.45) is 0. The quantitative estimate of drug-likeness (QED) is 0.206. The monoisotopic (exact) mass is 563 g/mol. The zero-order valence-corrected chi connectivity index (χ0v) is 19.9. The summed E-state index contributed by atoms with van der Waals surface area (Å²) < 4.78 is 2.38. The standard InChI is InChI=1S/C17H12BrCl6N3O/c18-11-6-3-7-12-13(11)27-15(26-12,17(22,23)24)10-5-2-1-4-9(10)8-28-14(25)16(19,20)21/h1-7,25-27H,8H2. The first kappa shape index (κ1) is 22.4. The third kappa shape index (κ3) is 4.27. The molecule has 0 saturated carbocycles. The normalized spacial score (nSPS) is 18.8. The molecule has 0 amide bonds. The average molecular weight is 567 g/mol. The predicted octanol–water partition coefficient (Wildman–Crippen LogP) is 7.37. The molecule has 0 radical (unpaired) electrons. The second-order valence-electron chi connectivity index (χ2n) is 5.93. The van der Waals surface area contributed by atoms with Crippen LogP contribution in [0.5, 0.6) is 0 Å². The molecule has 4 nitrogen and oxygen atoms in total. The van der Waals surface area contributed by atoms with Crippen LogP contribution in [-0.2, 0) is 17.0 Å². The van der Waals surface area contributed by atoms with Crippen molar-refractivity contribution in [2.75, 3.05) is 10.6 Å². The van der Waals surface area contributed by atoms with Crippen LogP contribution in [0.2, 0.25) is 0 Å². The largest absolute Gasteiger partial charge is 0.473 e. The lowest BCUT2D eigenvalue weighted by Crippen LogP contribution is -2.51. The summed E-state index contributed by atoms with van der Waals surface area (Å²) in [4.78, 5) is 0. The van der Waals surface area contributed by atoms with E-state index in [-0.39, 0.29) is 6.61 Å². The van der Waals surface area contributed by atoms with Crippen LogP contribution in [-0.4, -0.2) is 13.5 Å². The summed E-state index contributed by atoms with van der Waals surface area (Å²) >= 11 is 39.8. The summed E-state index contributed by atoms with van der Waals surface area (Å²) in [6, 6.07) is 12.8. The summed E-state index contributed by atoms with van der Waals surface area (Å²) in [5.74, 6) is -0.506. The molecule has 11 heteroatoms. The highest BCUT2D eigenvalue weighted by Gasteiger charge is 2.55. The second-order valence-corrected chi connectivity index (χ2v) is 11.3. The Kier molecular flexibility index (Phi) is 6.49. The molecule has 1 unspecified atom stereocenters. The van der Waals surface area contributed by atoms with Gasteiger partial charge in [0, 0.05) is 10.0 Å². The number of benzene rings is 2. The Morgan fingerprint density at radius 3 is 2.29 bits per heavy atom. The van der Waals surface area contributed by atoms with Gasteiger partial charge in [0.15, 0.2) is 5.66 Å². The van der Waals surface area contributed by atoms with Crippen LogP contribution in [0.15, 0.2) is 46.9 Å². The van der Waals surface area contributed by atoms with Crippen molar-refractivity contribution in [3.8, 4) is 0 Å². The van der Waals surface area contributed by atoms with Crippen LogP contribution in [0.4, 0.5) is 11.4 Å². The van der Waals surface area contributed by atoms with Crippen LogP contribution in [0.3, 0.4) is 0 Å². The first-order valence-corrected chi connectivity index (χ1v) is 10.8. The van der Waals surface area contributed by atoms with Gasteiger partial charge in [0.25, 0.3) is 3.79 Å². The molecule has 3 N–H and O–H groups in total. The maximum Gasteiger partial charge on any atom is 0.265 e. The van der Waals surface area contributed by atoms with E-state index in [0.717, 1.165) is 15.8 Å². The van der Waals surface area contributed by atoms with Gasteiger partial charge in [0.05, 0.1) is 11.4 Å². The van der Waals surface area contributed by atoms with E-state index in [1.165, 1.54) is 0 Å². The molecule has 1 aliphatic heterocycles. The molecule has 28 heavy (non-hydrogen) atoms. The van der Waals surface area contributed by atoms with E-state index >= 15 is 0 Å². The third-order valence-corrected chi connectivity index (χ3v) is 6.15. The highest BCUT2D eigenvalue weighted by molar-refractivity contribution is 9.10. The Labute approximate surface area is 200 Å². The molecule has 0 bridgehead atoms. The SMILES string of the molecule is N=C(OCc1ccccc1C1(C(Cl)(Cl)Cl)Nc2cccc(Br)c2N1)C(Cl)(Cl)Cl. The van der Waals surface area contributed by atoms with E-state index in [0.29, 0.717) is 11.1 Å². The number of rotatable bonds is 3. The summed E-state index contributed by atoms with van der Waals surface area (Å²) in [5, 5.41) is 14.3. The van der Waals surface area contributed by atoms with Crippen molar-refractivity contribution in [1.82, 2.24) is 0 Å². The van der Waals surface area contributed by atoms with Gasteiger partial charge in [-0.3, -0.25) is 5.41 Å². The molecule has 0 aromatic heterocycles. The van der Waals surface area contributed by atoms with E-state index in [1.807, 2.05) is 18.2 Å². The van der Waals surface area contributed by atoms with E-state index in [1.54, 1.807) is 24.3 Å². The van der Waals surface area contributed by atoms with Crippen LogP contribution in [0, 0.1) is 5.41 Å². The Morgan fingerprint density at radius 1 is 1.00 bits per heavy atom. The van der Waals surface area contributed by atoms with Gasteiger partial charge in [-0.05, 0) is 33.6 Å². The number of hydrogen-bond acceptors (Lipinski definition) is 4. The van der Waals surface area contributed by atoms with E-state index < -0.39 is 19.1 Å². The minimum absolute atomic E-state index is 0.0632. The Hall–Kier alpha value is -0.270. The molecule has 2 aromatic carbocycles. The van der Waals surface area contributed by atoms with Crippen molar-refractivity contribution in [2.45, 2.75) is 19.9 Å². The van der Waals surface area contributed by atoms with Gasteiger partial charge in [-0.1, -0.05) is 99.9 Å². The molecular formula is C17H12BrCl6N3O. The minimum Gasteiger partial charge on any atom is -0.473 e. The van der Waals surface area contributed by atoms with Gasteiger partial charge in [0.1, 0.15) is 6.61 Å². The molecule has 1 aliphatic rings. The zero-order chi connectivity index (χ0) is 20.7. The van der Waals surface area contributed by atoms with E-state index in [4.69, 9.17) is 79.8 Å². The number of halogens is 7. The fraction of sp³-hybridized carbons (Fsp3) is 0.235. The van der Waals surface area contributed by atoms with Crippen molar-refractivity contribution in [3.63, 3.8) is 0 Å². The molecule has 3 rings (SSSR count). The van der Waals surface area contributed by atoms with Gasteiger partial charge in [-0.25, -0.2) is 0 Å². The average Bonchev–Trinajstić information content (AvgIpc) is 3.01. The lowest BCUT2D eigenvalue weighted by molar-refractivity contribution is 0.281. The fourth-order valence-corrected chi connectivity index (χ4v) is 4.07. The first-order chi connectivity index (χ1) is 13.0. The number of anilines is 2. The first-order valence-electron chi connectivity index (χ1n) is 7.74. The van der Waals surface area contributed by atoms with Gasteiger partial charge in [-0.2, -0.15) is 0 Å². The number of fused-ring (bicyclic) bond motifs is 1. The molecule has 2 aromatic rings. The van der Waals surface area contributed by atoms with Crippen LogP contribution < -0.4 is 10.6 Å². The molecule has 0 spiro atoms. The molecule has 0 aliphatic carbocycles. The third-order valence-electron chi connectivity index (χ3n) is 4.12. The molecule has 1 atom stereocenters. The van der Waals surface area contributed by atoms with Crippen LogP contribution in [0.1, 0.15) is 11.1 Å². The van der Waals surface area contributed by atoms with Crippen molar-refractivity contribution in [2.24, 2.45) is 0 Å². The highest BCUT2D eigenvalue weighted by atomic mass is 79.9. The van der Waals surface area contributed by atoms with Gasteiger partial charge >= 0.3 is 0 Å². The van der Waals surface area contributed by atoms with E-state index in [2.05, 4.69) is 26.6 Å². The summed E-state index contributed by atoms with van der Waals surface area (Å²) in [6.45, 7) is -0.0632. The van der Waals surface area contributed by atoms with Crippen molar-refractivity contribution in [1.29, 1.82) is 5.41 Å². The lowest BCUT2D eigenvalue weighted by Gasteiger charge is -2.38.